The van der Waals surface area contributed by atoms with Gasteiger partial charge in [0, 0.05) is 11.5 Å². The molecule has 0 aliphatic carbocycles. The lowest BCUT2D eigenvalue weighted by Gasteiger charge is -2.18. The molecule has 0 spiro atoms. The van der Waals surface area contributed by atoms with E-state index in [9.17, 15) is 0 Å². The van der Waals surface area contributed by atoms with Crippen LogP contribution in [0.25, 0.3) is 10.8 Å². The number of methoxy groups -OCH3 is 3. The summed E-state index contributed by atoms with van der Waals surface area (Å²) in [6.07, 6.45) is 5.27. The number of hydrogen-bond acceptors (Lipinski definition) is 5. The summed E-state index contributed by atoms with van der Waals surface area (Å²) in [4.78, 5) is 0. The zero-order chi connectivity index (χ0) is 20.6. The average Bonchev–Trinajstić information content (AvgIpc) is 2.77. The van der Waals surface area contributed by atoms with Crippen molar-refractivity contribution in [3.63, 3.8) is 0 Å². The van der Waals surface area contributed by atoms with Gasteiger partial charge in [-0.3, -0.25) is 0 Å². The molecule has 0 N–H and O–H groups in total. The molecule has 3 rings (SSSR count). The Labute approximate surface area is 171 Å². The topological polar surface area (TPSA) is 46.2 Å². The van der Waals surface area contributed by atoms with Gasteiger partial charge in [-0.05, 0) is 23.3 Å². The van der Waals surface area contributed by atoms with Gasteiger partial charge in [-0.1, -0.05) is 36.3 Å². The van der Waals surface area contributed by atoms with Crippen LogP contribution in [0.4, 0.5) is 0 Å². The van der Waals surface area contributed by atoms with Gasteiger partial charge in [0.15, 0.2) is 11.5 Å². The van der Waals surface area contributed by atoms with E-state index in [4.69, 9.17) is 30.1 Å². The summed E-state index contributed by atoms with van der Waals surface area (Å²) < 4.78 is 28.5. The van der Waals surface area contributed by atoms with Crippen molar-refractivity contribution in [3.05, 3.63) is 59.7 Å². The fourth-order valence-electron chi connectivity index (χ4n) is 3.18. The quantitative estimate of drug-likeness (QED) is 0.394. The molecule has 0 radical (unpaired) electrons. The Bertz CT molecular complexity index is 1010. The fraction of sp³-hybridized carbons (Fsp3) is 0.250. The van der Waals surface area contributed by atoms with Crippen LogP contribution in [0, 0.1) is 12.3 Å². The van der Waals surface area contributed by atoms with E-state index in [-0.39, 0.29) is 6.61 Å². The Morgan fingerprint density at radius 1 is 0.793 bits per heavy atom. The minimum absolute atomic E-state index is 0.237. The van der Waals surface area contributed by atoms with Gasteiger partial charge >= 0.3 is 0 Å². The molecule has 29 heavy (non-hydrogen) atoms. The van der Waals surface area contributed by atoms with Crippen LogP contribution in [0.2, 0.25) is 0 Å². The smallest absolute Gasteiger partial charge is 0.168 e. The highest BCUT2D eigenvalue weighted by molar-refractivity contribution is 6.00. The standard InChI is InChI=1S/C24H24O5/c1-5-11-28-15-18-12-19-23(20(13-18)25-2)21(14-22(26-3)24(19)27-4)29-16-17-9-7-6-8-10-17/h1,6-10,12-14H,11,15-16H2,2-4H3. The Morgan fingerprint density at radius 2 is 1.55 bits per heavy atom. The highest BCUT2D eigenvalue weighted by Crippen LogP contribution is 2.46. The fourth-order valence-corrected chi connectivity index (χ4v) is 3.18. The van der Waals surface area contributed by atoms with Crippen LogP contribution in [-0.2, 0) is 18.0 Å². The minimum Gasteiger partial charge on any atom is -0.496 e. The first-order valence-corrected chi connectivity index (χ1v) is 9.15. The van der Waals surface area contributed by atoms with Gasteiger partial charge in [-0.15, -0.1) is 6.42 Å². The maximum Gasteiger partial charge on any atom is 0.168 e. The molecule has 0 aromatic heterocycles. The molecular formula is C24H24O5. The van der Waals surface area contributed by atoms with E-state index in [0.29, 0.717) is 36.2 Å². The van der Waals surface area contributed by atoms with Crippen molar-refractivity contribution in [2.24, 2.45) is 0 Å². The van der Waals surface area contributed by atoms with Gasteiger partial charge in [0.1, 0.15) is 24.7 Å². The number of fused-ring (bicyclic) bond motifs is 1. The molecule has 5 heteroatoms. The predicted octanol–water partition coefficient (Wildman–Crippen LogP) is 4.59. The predicted molar refractivity (Wildman–Crippen MR) is 113 cm³/mol. The van der Waals surface area contributed by atoms with E-state index in [1.807, 2.05) is 48.5 Å². The second-order valence-corrected chi connectivity index (χ2v) is 6.30. The monoisotopic (exact) mass is 392 g/mol. The molecule has 3 aromatic carbocycles. The van der Waals surface area contributed by atoms with Crippen molar-refractivity contribution in [2.75, 3.05) is 27.9 Å². The number of ether oxygens (including phenoxy) is 5. The second kappa shape index (κ2) is 9.72. The van der Waals surface area contributed by atoms with Crippen molar-refractivity contribution in [2.45, 2.75) is 13.2 Å². The number of rotatable bonds is 9. The first-order chi connectivity index (χ1) is 14.2. The van der Waals surface area contributed by atoms with Crippen LogP contribution >= 0.6 is 0 Å². The molecular weight excluding hydrogens is 368 g/mol. The molecule has 0 saturated carbocycles. The van der Waals surface area contributed by atoms with Gasteiger partial charge in [0.25, 0.3) is 0 Å². The van der Waals surface area contributed by atoms with Crippen molar-refractivity contribution in [3.8, 4) is 35.3 Å². The molecule has 0 amide bonds. The van der Waals surface area contributed by atoms with E-state index in [1.165, 1.54) is 0 Å². The molecule has 5 nitrogen and oxygen atoms in total. The lowest BCUT2D eigenvalue weighted by molar-refractivity contribution is 0.153. The minimum atomic E-state index is 0.237. The lowest BCUT2D eigenvalue weighted by atomic mass is 10.0. The average molecular weight is 392 g/mol. The van der Waals surface area contributed by atoms with E-state index < -0.39 is 0 Å². The molecule has 0 atom stereocenters. The summed E-state index contributed by atoms with van der Waals surface area (Å²) in [5, 5.41) is 1.62. The highest BCUT2D eigenvalue weighted by atomic mass is 16.5. The Morgan fingerprint density at radius 3 is 2.21 bits per heavy atom. The van der Waals surface area contributed by atoms with Crippen LogP contribution in [0.5, 0.6) is 23.0 Å². The van der Waals surface area contributed by atoms with Crippen LogP contribution in [0.3, 0.4) is 0 Å². The summed E-state index contributed by atoms with van der Waals surface area (Å²) in [6.45, 7) is 1.01. The van der Waals surface area contributed by atoms with E-state index in [0.717, 1.165) is 21.9 Å². The molecule has 0 bridgehead atoms. The van der Waals surface area contributed by atoms with E-state index in [2.05, 4.69) is 5.92 Å². The van der Waals surface area contributed by atoms with Crippen LogP contribution in [0.1, 0.15) is 11.1 Å². The zero-order valence-corrected chi connectivity index (χ0v) is 16.9. The first kappa shape index (κ1) is 20.4. The van der Waals surface area contributed by atoms with Crippen LogP contribution in [-0.4, -0.2) is 27.9 Å². The lowest BCUT2D eigenvalue weighted by Crippen LogP contribution is -2.01. The molecule has 0 saturated heterocycles. The van der Waals surface area contributed by atoms with Gasteiger partial charge in [-0.25, -0.2) is 0 Å². The van der Waals surface area contributed by atoms with Crippen molar-refractivity contribution in [1.29, 1.82) is 0 Å². The normalized spacial score (nSPS) is 10.4. The van der Waals surface area contributed by atoms with Crippen molar-refractivity contribution >= 4 is 10.8 Å². The Hall–Kier alpha value is -3.36. The largest absolute Gasteiger partial charge is 0.496 e. The molecule has 0 aliphatic rings. The third-order valence-electron chi connectivity index (χ3n) is 4.47. The molecule has 3 aromatic rings. The third-order valence-corrected chi connectivity index (χ3v) is 4.47. The number of benzene rings is 3. The summed E-state index contributed by atoms with van der Waals surface area (Å²) in [7, 11) is 4.83. The van der Waals surface area contributed by atoms with Gasteiger partial charge in [0.05, 0.1) is 33.3 Å². The summed E-state index contributed by atoms with van der Waals surface area (Å²) >= 11 is 0. The Kier molecular flexibility index (Phi) is 6.83. The molecule has 150 valence electrons. The maximum absolute atomic E-state index is 6.15. The van der Waals surface area contributed by atoms with E-state index >= 15 is 0 Å². The molecule has 0 fully saturated rings. The number of terminal acetylenes is 1. The van der Waals surface area contributed by atoms with Gasteiger partial charge in [0.2, 0.25) is 0 Å². The third kappa shape index (κ3) is 4.56. The summed E-state index contributed by atoms with van der Waals surface area (Å²) in [5.74, 6) is 4.95. The molecule has 0 heterocycles. The second-order valence-electron chi connectivity index (χ2n) is 6.30. The van der Waals surface area contributed by atoms with E-state index in [1.54, 1.807) is 21.3 Å². The highest BCUT2D eigenvalue weighted by Gasteiger charge is 2.19. The molecule has 0 unspecified atom stereocenters. The maximum atomic E-state index is 6.15. The first-order valence-electron chi connectivity index (χ1n) is 9.15. The molecule has 0 aliphatic heterocycles. The van der Waals surface area contributed by atoms with Crippen molar-refractivity contribution in [1.82, 2.24) is 0 Å². The zero-order valence-electron chi connectivity index (χ0n) is 16.9. The van der Waals surface area contributed by atoms with Crippen LogP contribution < -0.4 is 18.9 Å². The number of hydrogen-bond donors (Lipinski definition) is 0. The van der Waals surface area contributed by atoms with Gasteiger partial charge in [-0.2, -0.15) is 0 Å². The van der Waals surface area contributed by atoms with Gasteiger partial charge < -0.3 is 23.7 Å². The SMILES string of the molecule is C#CCOCc1cc(OC)c2c(OCc3ccccc3)cc(OC)c(OC)c2c1. The summed E-state index contributed by atoms with van der Waals surface area (Å²) in [5.41, 5.74) is 1.97. The Balaban J connectivity index is 2.10. The summed E-state index contributed by atoms with van der Waals surface area (Å²) in [6, 6.07) is 15.7. The van der Waals surface area contributed by atoms with Crippen molar-refractivity contribution < 1.29 is 23.7 Å². The van der Waals surface area contributed by atoms with Crippen LogP contribution in [0.15, 0.2) is 48.5 Å².